The normalized spacial score (nSPS) is 23.3. The highest BCUT2D eigenvalue weighted by Crippen LogP contribution is 2.28. The second-order valence-corrected chi connectivity index (χ2v) is 7.04. The van der Waals surface area contributed by atoms with Gasteiger partial charge in [0.25, 0.3) is 0 Å². The number of halogens is 1. The highest BCUT2D eigenvalue weighted by molar-refractivity contribution is 8.00. The molecule has 2 rings (SSSR count). The van der Waals surface area contributed by atoms with Crippen LogP contribution in [0.1, 0.15) is 26.7 Å². The van der Waals surface area contributed by atoms with E-state index < -0.39 is 0 Å². The van der Waals surface area contributed by atoms with Crippen LogP contribution in [0.4, 0.5) is 0 Å². The van der Waals surface area contributed by atoms with Crippen molar-refractivity contribution in [3.05, 3.63) is 30.3 Å². The van der Waals surface area contributed by atoms with E-state index in [9.17, 15) is 4.79 Å². The van der Waals surface area contributed by atoms with Crippen molar-refractivity contribution in [2.45, 2.75) is 42.9 Å². The Labute approximate surface area is 138 Å². The third-order valence-corrected chi connectivity index (χ3v) is 5.04. The zero-order chi connectivity index (χ0) is 14.5. The minimum absolute atomic E-state index is 0. The lowest BCUT2D eigenvalue weighted by atomic mass is 9.92. The molecule has 118 valence electrons. The second kappa shape index (κ2) is 8.66. The van der Waals surface area contributed by atoms with Crippen molar-refractivity contribution in [3.8, 4) is 0 Å². The van der Waals surface area contributed by atoms with Crippen molar-refractivity contribution in [1.29, 1.82) is 0 Å². The lowest BCUT2D eigenvalue weighted by Gasteiger charge is -2.39. The molecule has 1 saturated heterocycles. The summed E-state index contributed by atoms with van der Waals surface area (Å²) in [4.78, 5) is 15.8. The SMILES string of the molecule is CC1CCN(C(=O)C(C)Sc2ccccc2)C(CN)C1.Cl. The number of amides is 1. The molecule has 1 aliphatic rings. The van der Waals surface area contributed by atoms with Gasteiger partial charge in [0.05, 0.1) is 5.25 Å². The van der Waals surface area contributed by atoms with Crippen LogP contribution in [0.2, 0.25) is 0 Å². The summed E-state index contributed by atoms with van der Waals surface area (Å²) in [5, 5.41) is -0.0557. The molecule has 0 saturated carbocycles. The monoisotopic (exact) mass is 328 g/mol. The van der Waals surface area contributed by atoms with Crippen LogP contribution in [0.3, 0.4) is 0 Å². The van der Waals surface area contributed by atoms with Gasteiger partial charge in [-0.2, -0.15) is 0 Å². The van der Waals surface area contributed by atoms with Gasteiger partial charge in [-0.25, -0.2) is 0 Å². The predicted molar refractivity (Wildman–Crippen MR) is 92.0 cm³/mol. The van der Waals surface area contributed by atoms with Crippen molar-refractivity contribution < 1.29 is 4.79 Å². The van der Waals surface area contributed by atoms with E-state index in [1.807, 2.05) is 42.2 Å². The molecule has 1 aliphatic heterocycles. The lowest BCUT2D eigenvalue weighted by Crippen LogP contribution is -2.51. The van der Waals surface area contributed by atoms with Crippen molar-refractivity contribution in [2.24, 2.45) is 11.7 Å². The highest BCUT2D eigenvalue weighted by Gasteiger charge is 2.31. The van der Waals surface area contributed by atoms with Crippen LogP contribution in [-0.4, -0.2) is 35.2 Å². The summed E-state index contributed by atoms with van der Waals surface area (Å²) in [5.41, 5.74) is 5.85. The fraction of sp³-hybridized carbons (Fsp3) is 0.562. The van der Waals surface area contributed by atoms with Gasteiger partial charge in [-0.05, 0) is 37.8 Å². The first-order valence-electron chi connectivity index (χ1n) is 7.34. The smallest absolute Gasteiger partial charge is 0.236 e. The van der Waals surface area contributed by atoms with Crippen molar-refractivity contribution in [2.75, 3.05) is 13.1 Å². The summed E-state index contributed by atoms with van der Waals surface area (Å²) in [5.74, 6) is 0.894. The summed E-state index contributed by atoms with van der Waals surface area (Å²) in [6, 6.07) is 10.3. The van der Waals surface area contributed by atoms with E-state index in [1.54, 1.807) is 11.8 Å². The number of benzene rings is 1. The summed E-state index contributed by atoms with van der Waals surface area (Å²) in [7, 11) is 0. The number of thioether (sulfide) groups is 1. The Morgan fingerprint density at radius 1 is 1.43 bits per heavy atom. The summed E-state index contributed by atoms with van der Waals surface area (Å²) < 4.78 is 0. The first kappa shape index (κ1) is 18.3. The van der Waals surface area contributed by atoms with Crippen LogP contribution in [0, 0.1) is 5.92 Å². The summed E-state index contributed by atoms with van der Waals surface area (Å²) >= 11 is 1.63. The Morgan fingerprint density at radius 2 is 2.10 bits per heavy atom. The average Bonchev–Trinajstić information content (AvgIpc) is 2.47. The quantitative estimate of drug-likeness (QED) is 0.863. The van der Waals surface area contributed by atoms with Gasteiger partial charge in [0.15, 0.2) is 0 Å². The minimum Gasteiger partial charge on any atom is -0.337 e. The van der Waals surface area contributed by atoms with Crippen molar-refractivity contribution in [1.82, 2.24) is 4.90 Å². The van der Waals surface area contributed by atoms with Crippen LogP contribution < -0.4 is 5.73 Å². The minimum atomic E-state index is -0.0557. The van der Waals surface area contributed by atoms with Gasteiger partial charge in [0.2, 0.25) is 5.91 Å². The average molecular weight is 329 g/mol. The van der Waals surface area contributed by atoms with Crippen LogP contribution in [-0.2, 0) is 4.79 Å². The molecule has 3 nitrogen and oxygen atoms in total. The van der Waals surface area contributed by atoms with Crippen LogP contribution >= 0.6 is 24.2 Å². The van der Waals surface area contributed by atoms with Gasteiger partial charge in [-0.3, -0.25) is 4.79 Å². The summed E-state index contributed by atoms with van der Waals surface area (Å²) in [6.07, 6.45) is 2.12. The van der Waals surface area contributed by atoms with Crippen LogP contribution in [0.25, 0.3) is 0 Å². The lowest BCUT2D eigenvalue weighted by molar-refractivity contribution is -0.134. The van der Waals surface area contributed by atoms with E-state index in [-0.39, 0.29) is 29.6 Å². The first-order valence-corrected chi connectivity index (χ1v) is 8.22. The highest BCUT2D eigenvalue weighted by atomic mass is 35.5. The Morgan fingerprint density at radius 3 is 2.71 bits per heavy atom. The van der Waals surface area contributed by atoms with Gasteiger partial charge in [0, 0.05) is 24.0 Å². The molecule has 0 aromatic heterocycles. The number of hydrogen-bond donors (Lipinski definition) is 1. The molecule has 0 spiro atoms. The molecule has 0 radical (unpaired) electrons. The summed E-state index contributed by atoms with van der Waals surface area (Å²) in [6.45, 7) is 5.65. The molecular formula is C16H25ClN2OS. The number of nitrogens with two attached hydrogens (primary N) is 1. The third-order valence-electron chi connectivity index (χ3n) is 3.94. The largest absolute Gasteiger partial charge is 0.337 e. The van der Waals surface area contributed by atoms with Gasteiger partial charge < -0.3 is 10.6 Å². The van der Waals surface area contributed by atoms with E-state index in [4.69, 9.17) is 5.73 Å². The first-order chi connectivity index (χ1) is 9.61. The molecule has 2 N–H and O–H groups in total. The molecule has 0 aliphatic carbocycles. The topological polar surface area (TPSA) is 46.3 Å². The molecule has 1 aromatic carbocycles. The molecular weight excluding hydrogens is 304 g/mol. The number of carbonyl (C=O) groups excluding carboxylic acids is 1. The fourth-order valence-corrected chi connectivity index (χ4v) is 3.71. The molecule has 5 heteroatoms. The Hall–Kier alpha value is -0.710. The molecule has 21 heavy (non-hydrogen) atoms. The number of carbonyl (C=O) groups is 1. The van der Waals surface area contributed by atoms with Gasteiger partial charge >= 0.3 is 0 Å². The van der Waals surface area contributed by atoms with E-state index >= 15 is 0 Å². The maximum Gasteiger partial charge on any atom is 0.236 e. The Balaban J connectivity index is 0.00000220. The van der Waals surface area contributed by atoms with Crippen LogP contribution in [0.5, 0.6) is 0 Å². The Bertz CT molecular complexity index is 443. The zero-order valence-corrected chi connectivity index (χ0v) is 14.3. The van der Waals surface area contributed by atoms with E-state index in [2.05, 4.69) is 6.92 Å². The van der Waals surface area contributed by atoms with E-state index in [1.165, 1.54) is 0 Å². The molecule has 0 bridgehead atoms. The molecule has 3 atom stereocenters. The number of nitrogens with zero attached hydrogens (tertiary/aromatic N) is 1. The molecule has 1 fully saturated rings. The predicted octanol–water partition coefficient (Wildman–Crippen LogP) is 3.17. The number of piperidine rings is 1. The zero-order valence-electron chi connectivity index (χ0n) is 12.7. The molecule has 1 amide bonds. The van der Waals surface area contributed by atoms with E-state index in [0.29, 0.717) is 12.5 Å². The molecule has 1 heterocycles. The standard InChI is InChI=1S/C16H24N2OS.ClH/c1-12-8-9-18(14(10-12)11-17)16(19)13(2)20-15-6-4-3-5-7-15;/h3-7,12-14H,8-11,17H2,1-2H3;1H. The van der Waals surface area contributed by atoms with Gasteiger partial charge in [-0.15, -0.1) is 24.2 Å². The van der Waals surface area contributed by atoms with Crippen molar-refractivity contribution >= 4 is 30.1 Å². The molecule has 3 unspecified atom stereocenters. The van der Waals surface area contributed by atoms with Gasteiger partial charge in [0.1, 0.15) is 0 Å². The Kier molecular flexibility index (Phi) is 7.57. The second-order valence-electron chi connectivity index (χ2n) is 5.62. The fourth-order valence-electron chi connectivity index (χ4n) is 2.75. The molecule has 1 aromatic rings. The van der Waals surface area contributed by atoms with Crippen LogP contribution in [0.15, 0.2) is 35.2 Å². The number of likely N-dealkylation sites (tertiary alicyclic amines) is 1. The van der Waals surface area contributed by atoms with Gasteiger partial charge in [-0.1, -0.05) is 25.1 Å². The maximum absolute atomic E-state index is 12.6. The van der Waals surface area contributed by atoms with Crippen molar-refractivity contribution in [3.63, 3.8) is 0 Å². The number of hydrogen-bond acceptors (Lipinski definition) is 3. The maximum atomic E-state index is 12.6. The van der Waals surface area contributed by atoms with E-state index in [0.717, 1.165) is 24.3 Å². The number of rotatable bonds is 4. The third kappa shape index (κ3) is 4.90.